The van der Waals surface area contributed by atoms with Crippen LogP contribution in [0.25, 0.3) is 0 Å². The predicted molar refractivity (Wildman–Crippen MR) is 62.0 cm³/mol. The number of hydrogen-bond donors (Lipinski definition) is 2. The van der Waals surface area contributed by atoms with E-state index in [2.05, 4.69) is 10.2 Å². The van der Waals surface area contributed by atoms with Crippen LogP contribution in [-0.2, 0) is 4.79 Å². The van der Waals surface area contributed by atoms with Gasteiger partial charge in [0.1, 0.15) is 0 Å². The van der Waals surface area contributed by atoms with E-state index in [4.69, 9.17) is 5.11 Å². The molecule has 0 spiro atoms. The highest BCUT2D eigenvalue weighted by Crippen LogP contribution is 2.27. The maximum atomic E-state index is 11.6. The second-order valence-corrected chi connectivity index (χ2v) is 5.17. The van der Waals surface area contributed by atoms with Gasteiger partial charge < -0.3 is 10.4 Å². The lowest BCUT2D eigenvalue weighted by Crippen LogP contribution is -2.43. The Balaban J connectivity index is 1.64. The van der Waals surface area contributed by atoms with E-state index in [-0.39, 0.29) is 12.5 Å². The van der Waals surface area contributed by atoms with Crippen molar-refractivity contribution in [3.05, 3.63) is 0 Å². The topological polar surface area (TPSA) is 52.6 Å². The van der Waals surface area contributed by atoms with E-state index in [0.717, 1.165) is 38.4 Å². The molecule has 1 amide bonds. The smallest absolute Gasteiger partial charge is 0.234 e. The predicted octanol–water partition coefficient (Wildman–Crippen LogP) is 0.217. The standard InChI is InChI=1S/C12H22N2O2/c15-9-11-2-1-5-14(7-11)8-12(16)13-6-10-3-4-10/h10-11,15H,1-9H2,(H,13,16)/t11-/m1/s1. The molecule has 2 N–H and O–H groups in total. The summed E-state index contributed by atoms with van der Waals surface area (Å²) in [6.07, 6.45) is 4.74. The first-order valence-corrected chi connectivity index (χ1v) is 6.38. The minimum atomic E-state index is 0.144. The van der Waals surface area contributed by atoms with Gasteiger partial charge in [-0.2, -0.15) is 0 Å². The molecule has 0 aromatic carbocycles. The molecule has 2 rings (SSSR count). The van der Waals surface area contributed by atoms with Gasteiger partial charge in [-0.3, -0.25) is 9.69 Å². The zero-order valence-corrected chi connectivity index (χ0v) is 9.82. The van der Waals surface area contributed by atoms with E-state index in [1.165, 1.54) is 12.8 Å². The van der Waals surface area contributed by atoms with Crippen molar-refractivity contribution in [1.82, 2.24) is 10.2 Å². The molecule has 0 unspecified atom stereocenters. The molecule has 1 aliphatic carbocycles. The van der Waals surface area contributed by atoms with E-state index in [1.807, 2.05) is 0 Å². The van der Waals surface area contributed by atoms with Gasteiger partial charge in [0.2, 0.25) is 5.91 Å². The number of carbonyl (C=O) groups is 1. The van der Waals surface area contributed by atoms with Crippen LogP contribution in [0.2, 0.25) is 0 Å². The Morgan fingerprint density at radius 3 is 2.81 bits per heavy atom. The monoisotopic (exact) mass is 226 g/mol. The maximum Gasteiger partial charge on any atom is 0.234 e. The summed E-state index contributed by atoms with van der Waals surface area (Å²) in [6.45, 7) is 3.47. The summed E-state index contributed by atoms with van der Waals surface area (Å²) in [6, 6.07) is 0. The molecule has 16 heavy (non-hydrogen) atoms. The normalized spacial score (nSPS) is 26.7. The molecule has 0 aromatic heterocycles. The highest BCUT2D eigenvalue weighted by molar-refractivity contribution is 5.78. The van der Waals surface area contributed by atoms with Crippen molar-refractivity contribution in [2.24, 2.45) is 11.8 Å². The zero-order chi connectivity index (χ0) is 11.4. The summed E-state index contributed by atoms with van der Waals surface area (Å²) in [7, 11) is 0. The number of nitrogens with zero attached hydrogens (tertiary/aromatic N) is 1. The number of hydrogen-bond acceptors (Lipinski definition) is 3. The van der Waals surface area contributed by atoms with Crippen LogP contribution in [-0.4, -0.2) is 48.7 Å². The van der Waals surface area contributed by atoms with Crippen molar-refractivity contribution in [1.29, 1.82) is 0 Å². The fraction of sp³-hybridized carbons (Fsp3) is 0.917. The average molecular weight is 226 g/mol. The highest BCUT2D eigenvalue weighted by Gasteiger charge is 2.23. The molecule has 0 radical (unpaired) electrons. The van der Waals surface area contributed by atoms with Gasteiger partial charge in [-0.05, 0) is 44.1 Å². The molecule has 4 heteroatoms. The molecular formula is C12H22N2O2. The average Bonchev–Trinajstić information content (AvgIpc) is 3.10. The van der Waals surface area contributed by atoms with Gasteiger partial charge in [0.05, 0.1) is 6.54 Å². The van der Waals surface area contributed by atoms with E-state index < -0.39 is 0 Å². The Kier molecular flexibility index (Phi) is 4.18. The third-order valence-corrected chi connectivity index (χ3v) is 3.51. The van der Waals surface area contributed by atoms with E-state index in [9.17, 15) is 4.79 Å². The van der Waals surface area contributed by atoms with Crippen LogP contribution in [0.3, 0.4) is 0 Å². The van der Waals surface area contributed by atoms with Crippen LogP contribution in [0.1, 0.15) is 25.7 Å². The Hall–Kier alpha value is -0.610. The first kappa shape index (κ1) is 11.9. The summed E-state index contributed by atoms with van der Waals surface area (Å²) in [5.74, 6) is 1.26. The number of piperidine rings is 1. The second kappa shape index (κ2) is 5.64. The SMILES string of the molecule is O=C(CN1CCC[C@@H](CO)C1)NCC1CC1. The summed E-state index contributed by atoms with van der Waals surface area (Å²) in [5, 5.41) is 12.1. The van der Waals surface area contributed by atoms with Gasteiger partial charge in [-0.15, -0.1) is 0 Å². The van der Waals surface area contributed by atoms with Crippen LogP contribution < -0.4 is 5.32 Å². The molecule has 1 aliphatic heterocycles. The minimum Gasteiger partial charge on any atom is -0.396 e. The van der Waals surface area contributed by atoms with Crippen LogP contribution in [0.5, 0.6) is 0 Å². The lowest BCUT2D eigenvalue weighted by Gasteiger charge is -2.31. The van der Waals surface area contributed by atoms with Gasteiger partial charge in [-0.25, -0.2) is 0 Å². The summed E-state index contributed by atoms with van der Waals surface area (Å²) in [5.41, 5.74) is 0. The molecule has 2 aliphatic rings. The number of rotatable bonds is 5. The Bertz CT molecular complexity index is 241. The summed E-state index contributed by atoms with van der Waals surface area (Å²) >= 11 is 0. The quantitative estimate of drug-likeness (QED) is 0.705. The molecule has 1 heterocycles. The molecular weight excluding hydrogens is 204 g/mol. The Morgan fingerprint density at radius 1 is 1.31 bits per heavy atom. The molecule has 4 nitrogen and oxygen atoms in total. The summed E-state index contributed by atoms with van der Waals surface area (Å²) in [4.78, 5) is 13.8. The van der Waals surface area contributed by atoms with Crippen LogP contribution in [0.15, 0.2) is 0 Å². The largest absolute Gasteiger partial charge is 0.396 e. The molecule has 0 bridgehead atoms. The van der Waals surface area contributed by atoms with E-state index >= 15 is 0 Å². The van der Waals surface area contributed by atoms with Crippen molar-refractivity contribution in [3.63, 3.8) is 0 Å². The number of carbonyl (C=O) groups excluding carboxylic acids is 1. The zero-order valence-electron chi connectivity index (χ0n) is 9.82. The van der Waals surface area contributed by atoms with E-state index in [0.29, 0.717) is 12.5 Å². The number of amides is 1. The van der Waals surface area contributed by atoms with Crippen LogP contribution >= 0.6 is 0 Å². The Labute approximate surface area is 97.0 Å². The van der Waals surface area contributed by atoms with Gasteiger partial charge in [0, 0.05) is 19.7 Å². The minimum absolute atomic E-state index is 0.144. The molecule has 2 fully saturated rings. The van der Waals surface area contributed by atoms with Crippen molar-refractivity contribution < 1.29 is 9.90 Å². The third kappa shape index (κ3) is 3.76. The molecule has 1 atom stereocenters. The van der Waals surface area contributed by atoms with Crippen molar-refractivity contribution in [2.45, 2.75) is 25.7 Å². The molecule has 1 saturated carbocycles. The van der Waals surface area contributed by atoms with Crippen LogP contribution in [0.4, 0.5) is 0 Å². The maximum absolute atomic E-state index is 11.6. The van der Waals surface area contributed by atoms with Gasteiger partial charge >= 0.3 is 0 Å². The van der Waals surface area contributed by atoms with Gasteiger partial charge in [-0.1, -0.05) is 0 Å². The molecule has 92 valence electrons. The lowest BCUT2D eigenvalue weighted by atomic mass is 9.99. The van der Waals surface area contributed by atoms with E-state index in [1.54, 1.807) is 0 Å². The lowest BCUT2D eigenvalue weighted by molar-refractivity contribution is -0.122. The van der Waals surface area contributed by atoms with Gasteiger partial charge in [0.25, 0.3) is 0 Å². The number of aliphatic hydroxyl groups excluding tert-OH is 1. The van der Waals surface area contributed by atoms with Crippen LogP contribution in [0, 0.1) is 11.8 Å². The fourth-order valence-corrected chi connectivity index (χ4v) is 2.28. The fourth-order valence-electron chi connectivity index (χ4n) is 2.28. The summed E-state index contributed by atoms with van der Waals surface area (Å²) < 4.78 is 0. The van der Waals surface area contributed by atoms with Crippen molar-refractivity contribution >= 4 is 5.91 Å². The Morgan fingerprint density at radius 2 is 2.12 bits per heavy atom. The second-order valence-electron chi connectivity index (χ2n) is 5.17. The highest BCUT2D eigenvalue weighted by atomic mass is 16.3. The third-order valence-electron chi connectivity index (χ3n) is 3.51. The molecule has 0 aromatic rings. The van der Waals surface area contributed by atoms with Crippen molar-refractivity contribution in [2.75, 3.05) is 32.8 Å². The number of nitrogens with one attached hydrogen (secondary N) is 1. The molecule has 1 saturated heterocycles. The first-order valence-electron chi connectivity index (χ1n) is 6.38. The number of likely N-dealkylation sites (tertiary alicyclic amines) is 1. The number of aliphatic hydroxyl groups is 1. The van der Waals surface area contributed by atoms with Crippen molar-refractivity contribution in [3.8, 4) is 0 Å². The first-order chi connectivity index (χ1) is 7.78. The van der Waals surface area contributed by atoms with Gasteiger partial charge in [0.15, 0.2) is 0 Å².